The standard InChI is InChI=1S/C13H24N4.C2H6/c1-12-4-2-8-15-10-16-11-17(12)13-5-3-7-14-9-6-13;1-2/h4,10,13-14H,2-3,5-9,11H2,1H3,(H,15,16);1-2H3/b12-4+;. The third-order valence-corrected chi connectivity index (χ3v) is 3.58. The Labute approximate surface area is 118 Å². The van der Waals surface area contributed by atoms with Crippen LogP contribution in [-0.2, 0) is 0 Å². The first-order chi connectivity index (χ1) is 9.38. The van der Waals surface area contributed by atoms with Gasteiger partial charge in [0.2, 0.25) is 0 Å². The largest absolute Gasteiger partial charge is 0.376 e. The molecule has 0 saturated carbocycles. The molecule has 0 amide bonds. The predicted molar refractivity (Wildman–Crippen MR) is 83.4 cm³/mol. The normalized spacial score (nSPS) is 29.1. The van der Waals surface area contributed by atoms with Crippen LogP contribution in [0.1, 0.15) is 46.5 Å². The molecule has 2 rings (SSSR count). The quantitative estimate of drug-likeness (QED) is 0.765. The maximum absolute atomic E-state index is 4.46. The Kier molecular flexibility index (Phi) is 8.30. The topological polar surface area (TPSA) is 39.7 Å². The summed E-state index contributed by atoms with van der Waals surface area (Å²) in [5.41, 5.74) is 1.39. The molecule has 19 heavy (non-hydrogen) atoms. The van der Waals surface area contributed by atoms with Gasteiger partial charge in [-0.05, 0) is 45.7 Å². The number of hydrogen-bond acceptors (Lipinski definition) is 4. The van der Waals surface area contributed by atoms with E-state index < -0.39 is 0 Å². The minimum atomic E-state index is 0.650. The summed E-state index contributed by atoms with van der Waals surface area (Å²) in [6, 6.07) is 0.650. The first-order valence-corrected chi connectivity index (χ1v) is 7.74. The van der Waals surface area contributed by atoms with Crippen LogP contribution in [0.4, 0.5) is 0 Å². The van der Waals surface area contributed by atoms with Gasteiger partial charge in [-0.25, -0.2) is 0 Å². The van der Waals surface area contributed by atoms with Crippen molar-refractivity contribution in [1.29, 1.82) is 0 Å². The molecule has 0 aliphatic carbocycles. The Balaban J connectivity index is 0.000000861. The molecule has 1 fully saturated rings. The van der Waals surface area contributed by atoms with Crippen LogP contribution in [0.3, 0.4) is 0 Å². The fourth-order valence-electron chi connectivity index (χ4n) is 2.57. The fourth-order valence-corrected chi connectivity index (χ4v) is 2.57. The Morgan fingerprint density at radius 2 is 2.05 bits per heavy atom. The molecule has 0 aromatic rings. The molecule has 0 bridgehead atoms. The number of aliphatic imine (C=N–C) groups is 1. The van der Waals surface area contributed by atoms with Crippen molar-refractivity contribution < 1.29 is 0 Å². The summed E-state index contributed by atoms with van der Waals surface area (Å²) < 4.78 is 0. The van der Waals surface area contributed by atoms with Crippen LogP contribution in [0.15, 0.2) is 16.8 Å². The van der Waals surface area contributed by atoms with Gasteiger partial charge in [0.1, 0.15) is 6.67 Å². The highest BCUT2D eigenvalue weighted by atomic mass is 15.2. The Hall–Kier alpha value is -1.03. The van der Waals surface area contributed by atoms with E-state index in [4.69, 9.17) is 0 Å². The molecule has 0 aromatic carbocycles. The molecule has 2 N–H and O–H groups in total. The first-order valence-electron chi connectivity index (χ1n) is 7.74. The van der Waals surface area contributed by atoms with Gasteiger partial charge in [0.15, 0.2) is 0 Å². The average molecular weight is 266 g/mol. The number of hydrogen-bond donors (Lipinski definition) is 2. The van der Waals surface area contributed by atoms with Crippen molar-refractivity contribution in [3.63, 3.8) is 0 Å². The molecule has 1 atom stereocenters. The van der Waals surface area contributed by atoms with E-state index in [2.05, 4.69) is 33.5 Å². The van der Waals surface area contributed by atoms with Crippen LogP contribution in [-0.4, -0.2) is 43.6 Å². The lowest BCUT2D eigenvalue weighted by Gasteiger charge is -2.32. The molecular weight excluding hydrogens is 236 g/mol. The van der Waals surface area contributed by atoms with Gasteiger partial charge in [0.25, 0.3) is 0 Å². The van der Waals surface area contributed by atoms with Gasteiger partial charge in [-0.15, -0.1) is 0 Å². The zero-order valence-electron chi connectivity index (χ0n) is 12.8. The number of allylic oxidation sites excluding steroid dienone is 1. The second kappa shape index (κ2) is 9.84. The third-order valence-electron chi connectivity index (χ3n) is 3.58. The van der Waals surface area contributed by atoms with E-state index >= 15 is 0 Å². The van der Waals surface area contributed by atoms with Crippen LogP contribution >= 0.6 is 0 Å². The van der Waals surface area contributed by atoms with Gasteiger partial charge >= 0.3 is 0 Å². The summed E-state index contributed by atoms with van der Waals surface area (Å²) in [7, 11) is 0. The van der Waals surface area contributed by atoms with E-state index in [1.807, 2.05) is 20.2 Å². The van der Waals surface area contributed by atoms with Crippen molar-refractivity contribution in [3.05, 3.63) is 11.8 Å². The molecule has 0 spiro atoms. The van der Waals surface area contributed by atoms with Crippen LogP contribution in [0.5, 0.6) is 0 Å². The number of rotatable bonds is 1. The average Bonchev–Trinajstić information content (AvgIpc) is 2.67. The van der Waals surface area contributed by atoms with Crippen LogP contribution in [0.2, 0.25) is 0 Å². The summed E-state index contributed by atoms with van der Waals surface area (Å²) in [5, 5.41) is 6.68. The zero-order valence-corrected chi connectivity index (χ0v) is 12.8. The fraction of sp³-hybridized carbons (Fsp3) is 0.800. The van der Waals surface area contributed by atoms with Gasteiger partial charge < -0.3 is 15.5 Å². The molecular formula is C15H30N4. The molecule has 1 saturated heterocycles. The molecule has 2 heterocycles. The van der Waals surface area contributed by atoms with Gasteiger partial charge in [-0.3, -0.25) is 4.99 Å². The van der Waals surface area contributed by atoms with Gasteiger partial charge in [-0.1, -0.05) is 19.9 Å². The Bertz CT molecular complexity index is 278. The molecule has 2 aliphatic heterocycles. The van der Waals surface area contributed by atoms with Gasteiger partial charge in [0, 0.05) is 18.3 Å². The smallest absolute Gasteiger partial charge is 0.111 e. The van der Waals surface area contributed by atoms with Crippen molar-refractivity contribution in [1.82, 2.24) is 15.5 Å². The van der Waals surface area contributed by atoms with Crippen LogP contribution < -0.4 is 10.6 Å². The maximum atomic E-state index is 4.46. The van der Waals surface area contributed by atoms with E-state index in [0.29, 0.717) is 6.04 Å². The molecule has 1 unspecified atom stereocenters. The first kappa shape index (κ1) is 16.0. The molecule has 110 valence electrons. The van der Waals surface area contributed by atoms with Crippen molar-refractivity contribution >= 4 is 6.34 Å². The summed E-state index contributed by atoms with van der Waals surface area (Å²) in [5.74, 6) is 0. The lowest BCUT2D eigenvalue weighted by Crippen LogP contribution is -2.34. The monoisotopic (exact) mass is 266 g/mol. The van der Waals surface area contributed by atoms with Gasteiger partial charge in [-0.2, -0.15) is 0 Å². The highest BCUT2D eigenvalue weighted by Gasteiger charge is 2.19. The summed E-state index contributed by atoms with van der Waals surface area (Å²) in [6.07, 6.45) is 9.05. The third kappa shape index (κ3) is 5.64. The van der Waals surface area contributed by atoms with Crippen molar-refractivity contribution in [3.8, 4) is 0 Å². The molecule has 4 nitrogen and oxygen atoms in total. The Morgan fingerprint density at radius 3 is 2.89 bits per heavy atom. The van der Waals surface area contributed by atoms with E-state index in [1.165, 1.54) is 25.0 Å². The summed E-state index contributed by atoms with van der Waals surface area (Å²) in [4.78, 5) is 6.93. The van der Waals surface area contributed by atoms with Crippen LogP contribution in [0.25, 0.3) is 0 Å². The minimum absolute atomic E-state index is 0.650. The number of nitrogens with zero attached hydrogens (tertiary/aromatic N) is 2. The lowest BCUT2D eigenvalue weighted by atomic mass is 10.1. The maximum Gasteiger partial charge on any atom is 0.111 e. The lowest BCUT2D eigenvalue weighted by molar-refractivity contribution is 0.240. The van der Waals surface area contributed by atoms with E-state index in [0.717, 1.165) is 32.7 Å². The highest BCUT2D eigenvalue weighted by molar-refractivity contribution is 5.54. The molecule has 4 heteroatoms. The summed E-state index contributed by atoms with van der Waals surface area (Å²) in [6.45, 7) is 10.3. The van der Waals surface area contributed by atoms with Crippen molar-refractivity contribution in [2.45, 2.75) is 52.5 Å². The number of nitrogens with one attached hydrogen (secondary N) is 2. The van der Waals surface area contributed by atoms with E-state index in [1.54, 1.807) is 0 Å². The molecule has 0 radical (unpaired) electrons. The van der Waals surface area contributed by atoms with Gasteiger partial charge in [0.05, 0.1) is 6.34 Å². The molecule has 2 aliphatic rings. The molecule has 0 aromatic heterocycles. The highest BCUT2D eigenvalue weighted by Crippen LogP contribution is 2.18. The minimum Gasteiger partial charge on any atom is -0.376 e. The van der Waals surface area contributed by atoms with E-state index in [-0.39, 0.29) is 0 Å². The van der Waals surface area contributed by atoms with E-state index in [9.17, 15) is 0 Å². The zero-order chi connectivity index (χ0) is 13.9. The van der Waals surface area contributed by atoms with Crippen LogP contribution in [0, 0.1) is 0 Å². The summed E-state index contributed by atoms with van der Waals surface area (Å²) >= 11 is 0. The van der Waals surface area contributed by atoms with Crippen molar-refractivity contribution in [2.75, 3.05) is 26.3 Å². The Morgan fingerprint density at radius 1 is 1.21 bits per heavy atom. The SMILES string of the molecule is C/C1=C\CCN/C=N/CN1C1CCCNCC1.CC. The second-order valence-corrected chi connectivity index (χ2v) is 4.85. The predicted octanol–water partition coefficient (Wildman–Crippen LogP) is 2.34. The second-order valence-electron chi connectivity index (χ2n) is 4.85. The van der Waals surface area contributed by atoms with Crippen molar-refractivity contribution in [2.24, 2.45) is 4.99 Å².